The van der Waals surface area contributed by atoms with Crippen LogP contribution in [0, 0.1) is 0 Å². The van der Waals surface area contributed by atoms with E-state index in [1.807, 2.05) is 6.07 Å². The first kappa shape index (κ1) is 15.4. The summed E-state index contributed by atoms with van der Waals surface area (Å²) in [4.78, 5) is 4.96. The van der Waals surface area contributed by atoms with Gasteiger partial charge in [-0.25, -0.2) is 0 Å². The number of fused-ring (bicyclic) bond motifs is 1. The fourth-order valence-electron chi connectivity index (χ4n) is 3.24. The SMILES string of the molecule is c1ccc(-c2cn3c(-c4ccccc4)c(-c4ccccc4)[se]c3n2)cc1. The second-order valence-corrected chi connectivity index (χ2v) is 8.21. The topological polar surface area (TPSA) is 17.3 Å². The van der Waals surface area contributed by atoms with E-state index in [1.54, 1.807) is 0 Å². The second kappa shape index (κ2) is 6.45. The van der Waals surface area contributed by atoms with Gasteiger partial charge in [0.05, 0.1) is 0 Å². The molecule has 2 heterocycles. The predicted octanol–water partition coefficient (Wildman–Crippen LogP) is 5.39. The molecule has 3 aromatic carbocycles. The van der Waals surface area contributed by atoms with E-state index in [1.165, 1.54) is 26.8 Å². The Kier molecular flexibility index (Phi) is 3.82. The molecule has 0 amide bonds. The number of benzene rings is 3. The fourth-order valence-corrected chi connectivity index (χ4v) is 5.63. The third kappa shape index (κ3) is 2.62. The van der Waals surface area contributed by atoms with E-state index in [0.29, 0.717) is 0 Å². The zero-order chi connectivity index (χ0) is 17.3. The van der Waals surface area contributed by atoms with Crippen LogP contribution in [0.25, 0.3) is 37.0 Å². The molecule has 0 saturated carbocycles. The molecule has 0 unspecified atom stereocenters. The molecule has 0 aliphatic rings. The number of hydrogen-bond donors (Lipinski definition) is 0. The molecule has 3 heteroatoms. The quantitative estimate of drug-likeness (QED) is 0.372. The Morgan fingerprint density at radius 2 is 1.15 bits per heavy atom. The molecule has 5 rings (SSSR count). The zero-order valence-electron chi connectivity index (χ0n) is 14.0. The fraction of sp³-hybridized carbons (Fsp3) is 0. The van der Waals surface area contributed by atoms with Crippen LogP contribution in [-0.4, -0.2) is 23.9 Å². The van der Waals surface area contributed by atoms with Gasteiger partial charge in [-0.15, -0.1) is 0 Å². The van der Waals surface area contributed by atoms with Crippen LogP contribution < -0.4 is 0 Å². The Labute approximate surface area is 158 Å². The van der Waals surface area contributed by atoms with Gasteiger partial charge in [-0.05, 0) is 0 Å². The monoisotopic (exact) mass is 400 g/mol. The number of aromatic nitrogens is 2. The van der Waals surface area contributed by atoms with Crippen molar-refractivity contribution in [2.24, 2.45) is 0 Å². The average Bonchev–Trinajstić information content (AvgIpc) is 3.28. The van der Waals surface area contributed by atoms with Gasteiger partial charge in [0.1, 0.15) is 0 Å². The molecule has 0 aliphatic carbocycles. The van der Waals surface area contributed by atoms with Gasteiger partial charge in [0.25, 0.3) is 0 Å². The number of imidazole rings is 1. The summed E-state index contributed by atoms with van der Waals surface area (Å²) in [5.74, 6) is 0. The van der Waals surface area contributed by atoms with Crippen molar-refractivity contribution in [2.45, 2.75) is 0 Å². The van der Waals surface area contributed by atoms with Crippen molar-refractivity contribution < 1.29 is 0 Å². The van der Waals surface area contributed by atoms with Gasteiger partial charge in [0.15, 0.2) is 0 Å². The van der Waals surface area contributed by atoms with Gasteiger partial charge < -0.3 is 0 Å². The molecule has 0 N–H and O–H groups in total. The van der Waals surface area contributed by atoms with Crippen LogP contribution in [0.3, 0.4) is 0 Å². The van der Waals surface area contributed by atoms with Crippen LogP contribution in [0.1, 0.15) is 0 Å². The second-order valence-electron chi connectivity index (χ2n) is 6.16. The molecule has 0 radical (unpaired) electrons. The van der Waals surface area contributed by atoms with E-state index in [2.05, 4.69) is 95.5 Å². The molecule has 124 valence electrons. The van der Waals surface area contributed by atoms with E-state index in [-0.39, 0.29) is 14.5 Å². The Balaban J connectivity index is 1.77. The van der Waals surface area contributed by atoms with E-state index in [9.17, 15) is 0 Å². The first-order valence-electron chi connectivity index (χ1n) is 8.58. The third-order valence-corrected chi connectivity index (χ3v) is 6.79. The summed E-state index contributed by atoms with van der Waals surface area (Å²) >= 11 is 0.180. The Morgan fingerprint density at radius 1 is 0.615 bits per heavy atom. The summed E-state index contributed by atoms with van der Waals surface area (Å²) in [7, 11) is 0. The molecule has 0 atom stereocenters. The molecule has 0 aliphatic heterocycles. The maximum absolute atomic E-state index is 4.96. The Bertz CT molecular complexity index is 1160. The van der Waals surface area contributed by atoms with Gasteiger partial charge in [0.2, 0.25) is 0 Å². The predicted molar refractivity (Wildman–Crippen MR) is 108 cm³/mol. The molecular weight excluding hydrogens is 383 g/mol. The van der Waals surface area contributed by atoms with Gasteiger partial charge in [0, 0.05) is 0 Å². The molecule has 2 nitrogen and oxygen atoms in total. The van der Waals surface area contributed by atoms with Crippen molar-refractivity contribution in [2.75, 3.05) is 0 Å². The number of rotatable bonds is 3. The summed E-state index contributed by atoms with van der Waals surface area (Å²) in [6.07, 6.45) is 2.19. The van der Waals surface area contributed by atoms with Crippen LogP contribution in [0.4, 0.5) is 0 Å². The standard InChI is InChI=1S/C23H16N2Se/c1-4-10-17(11-5-1)20-16-25-21(18-12-6-2-7-13-18)22(26-23(25)24-20)19-14-8-3-9-15-19/h1-16H. The van der Waals surface area contributed by atoms with Crippen LogP contribution in [-0.2, 0) is 0 Å². The molecule has 2 aromatic heterocycles. The molecule has 0 bridgehead atoms. The minimum absolute atomic E-state index is 0.180. The maximum atomic E-state index is 4.96. The normalized spacial score (nSPS) is 11.1. The van der Waals surface area contributed by atoms with Gasteiger partial charge >= 0.3 is 158 Å². The van der Waals surface area contributed by atoms with Gasteiger partial charge in [-0.1, -0.05) is 0 Å². The van der Waals surface area contributed by atoms with Crippen molar-refractivity contribution in [3.8, 4) is 32.5 Å². The summed E-state index contributed by atoms with van der Waals surface area (Å²) in [5.41, 5.74) is 6.01. The van der Waals surface area contributed by atoms with Crippen molar-refractivity contribution in [3.63, 3.8) is 0 Å². The van der Waals surface area contributed by atoms with Crippen LogP contribution in [0.15, 0.2) is 97.2 Å². The van der Waals surface area contributed by atoms with Crippen LogP contribution in [0.5, 0.6) is 0 Å². The summed E-state index contributed by atoms with van der Waals surface area (Å²) < 4.78 is 4.85. The van der Waals surface area contributed by atoms with Crippen molar-refractivity contribution in [1.82, 2.24) is 9.38 Å². The van der Waals surface area contributed by atoms with E-state index in [4.69, 9.17) is 4.98 Å². The summed E-state index contributed by atoms with van der Waals surface area (Å²) in [5, 5.41) is 0. The molecule has 0 saturated heterocycles. The Hall–Kier alpha value is -2.87. The molecular formula is C23H16N2Se. The first-order chi connectivity index (χ1) is 12.9. The third-order valence-electron chi connectivity index (χ3n) is 4.48. The van der Waals surface area contributed by atoms with Crippen LogP contribution >= 0.6 is 0 Å². The summed E-state index contributed by atoms with van der Waals surface area (Å²) in [6.45, 7) is 0. The van der Waals surface area contributed by atoms with Gasteiger partial charge in [-0.2, -0.15) is 0 Å². The van der Waals surface area contributed by atoms with Crippen molar-refractivity contribution in [1.29, 1.82) is 0 Å². The zero-order valence-corrected chi connectivity index (χ0v) is 15.8. The number of hydrogen-bond acceptors (Lipinski definition) is 1. The first-order valence-corrected chi connectivity index (χ1v) is 10.3. The van der Waals surface area contributed by atoms with E-state index >= 15 is 0 Å². The molecule has 26 heavy (non-hydrogen) atoms. The minimum atomic E-state index is 0.180. The number of nitrogens with zero attached hydrogens (tertiary/aromatic N) is 2. The Morgan fingerprint density at radius 3 is 1.77 bits per heavy atom. The molecule has 0 fully saturated rings. The van der Waals surface area contributed by atoms with Crippen molar-refractivity contribution >= 4 is 19.0 Å². The van der Waals surface area contributed by atoms with Gasteiger partial charge in [-0.3, -0.25) is 0 Å². The average molecular weight is 399 g/mol. The molecule has 5 aromatic rings. The molecule has 0 spiro atoms. The van der Waals surface area contributed by atoms with E-state index in [0.717, 1.165) is 10.2 Å². The van der Waals surface area contributed by atoms with E-state index < -0.39 is 0 Å². The van der Waals surface area contributed by atoms with Crippen molar-refractivity contribution in [3.05, 3.63) is 97.2 Å². The summed E-state index contributed by atoms with van der Waals surface area (Å²) in [6, 6.07) is 31.7. The van der Waals surface area contributed by atoms with Crippen LogP contribution in [0.2, 0.25) is 0 Å².